The monoisotopic (exact) mass is 660 g/mol. The smallest absolute Gasteiger partial charge is 0.137 e. The van der Waals surface area contributed by atoms with Gasteiger partial charge in [0.15, 0.2) is 0 Å². The zero-order chi connectivity index (χ0) is 34.9. The van der Waals surface area contributed by atoms with E-state index in [0.717, 1.165) is 59.7 Å². The molecule has 0 N–H and O–H groups in total. The van der Waals surface area contributed by atoms with Crippen LogP contribution in [0.25, 0.3) is 44.4 Å². The first-order chi connectivity index (χ1) is 24.3. The van der Waals surface area contributed by atoms with Crippen molar-refractivity contribution in [3.8, 4) is 34.1 Å². The minimum absolute atomic E-state index is 0.409. The van der Waals surface area contributed by atoms with Gasteiger partial charge in [-0.2, -0.15) is 5.10 Å². The van der Waals surface area contributed by atoms with Crippen molar-refractivity contribution >= 4 is 21.8 Å². The number of aromatic nitrogens is 4. The van der Waals surface area contributed by atoms with Crippen LogP contribution in [0.15, 0.2) is 104 Å². The summed E-state index contributed by atoms with van der Waals surface area (Å²) in [6.45, 7) is 16.0. The molecule has 3 heterocycles. The highest BCUT2D eigenvalue weighted by atomic mass is 16.5. The molecule has 0 saturated heterocycles. The molecule has 0 amide bonds. The van der Waals surface area contributed by atoms with E-state index in [2.05, 4.69) is 126 Å². The molecule has 0 atom stereocenters. The van der Waals surface area contributed by atoms with Gasteiger partial charge in [-0.25, -0.2) is 9.67 Å². The Hall–Kier alpha value is -5.16. The van der Waals surface area contributed by atoms with Crippen LogP contribution in [0.4, 0.5) is 0 Å². The Kier molecular flexibility index (Phi) is 9.33. The summed E-state index contributed by atoms with van der Waals surface area (Å²) in [4.78, 5) is 4.73. The van der Waals surface area contributed by atoms with Crippen LogP contribution in [-0.2, 0) is 12.8 Å². The summed E-state index contributed by atoms with van der Waals surface area (Å²) in [6, 6.07) is 29.7. The van der Waals surface area contributed by atoms with Crippen molar-refractivity contribution in [2.24, 2.45) is 0 Å². The molecular formula is C45H48N4O. The molecule has 0 aliphatic heterocycles. The van der Waals surface area contributed by atoms with Crippen molar-refractivity contribution in [1.82, 2.24) is 19.3 Å². The third-order valence-corrected chi connectivity index (χ3v) is 9.78. The Bertz CT molecular complexity index is 2300. The van der Waals surface area contributed by atoms with E-state index in [-0.39, 0.29) is 0 Å². The second kappa shape index (κ2) is 14.0. The number of nitrogens with zero attached hydrogens (tertiary/aromatic N) is 4. The molecule has 7 rings (SSSR count). The van der Waals surface area contributed by atoms with E-state index < -0.39 is 0 Å². The van der Waals surface area contributed by atoms with Gasteiger partial charge in [-0.3, -0.25) is 4.57 Å². The Labute approximate surface area is 296 Å². The molecule has 0 saturated carbocycles. The van der Waals surface area contributed by atoms with Gasteiger partial charge in [-0.05, 0) is 107 Å². The van der Waals surface area contributed by atoms with Crippen molar-refractivity contribution < 1.29 is 4.74 Å². The number of aryl methyl sites for hydroxylation is 2. The fourth-order valence-electron chi connectivity index (χ4n) is 7.60. The maximum absolute atomic E-state index is 6.56. The van der Waals surface area contributed by atoms with Crippen LogP contribution in [0, 0.1) is 6.92 Å². The lowest BCUT2D eigenvalue weighted by molar-refractivity contribution is 0.483. The number of rotatable bonds is 11. The van der Waals surface area contributed by atoms with Crippen molar-refractivity contribution in [2.75, 3.05) is 0 Å². The quantitative estimate of drug-likeness (QED) is 0.139. The first-order valence-corrected chi connectivity index (χ1v) is 18.2. The molecule has 0 fully saturated rings. The summed E-state index contributed by atoms with van der Waals surface area (Å²) in [5.74, 6) is 3.25. The Morgan fingerprint density at radius 1 is 0.740 bits per heavy atom. The fourth-order valence-corrected chi connectivity index (χ4v) is 7.60. The van der Waals surface area contributed by atoms with Crippen LogP contribution in [0.2, 0.25) is 0 Å². The van der Waals surface area contributed by atoms with Crippen LogP contribution in [0.3, 0.4) is 0 Å². The van der Waals surface area contributed by atoms with Gasteiger partial charge in [-0.1, -0.05) is 84.7 Å². The molecule has 3 aromatic heterocycles. The lowest BCUT2D eigenvalue weighted by Gasteiger charge is -2.26. The highest BCUT2D eigenvalue weighted by Gasteiger charge is 2.23. The first-order valence-electron chi connectivity index (χ1n) is 18.2. The van der Waals surface area contributed by atoms with Crippen LogP contribution < -0.4 is 4.74 Å². The van der Waals surface area contributed by atoms with Crippen LogP contribution in [0.5, 0.6) is 11.5 Å². The zero-order valence-electron chi connectivity index (χ0n) is 30.5. The molecule has 7 aromatic rings. The number of fused-ring (bicyclic) bond motifs is 3. The Morgan fingerprint density at radius 3 is 2.28 bits per heavy atom. The van der Waals surface area contributed by atoms with Gasteiger partial charge in [0.2, 0.25) is 0 Å². The van der Waals surface area contributed by atoms with Gasteiger partial charge < -0.3 is 4.74 Å². The number of ether oxygens (including phenoxy) is 1. The van der Waals surface area contributed by atoms with Crippen molar-refractivity contribution in [3.63, 3.8) is 0 Å². The van der Waals surface area contributed by atoms with E-state index in [1.54, 1.807) is 5.56 Å². The molecule has 254 valence electrons. The minimum Gasteiger partial charge on any atom is -0.457 e. The molecule has 0 radical (unpaired) electrons. The molecule has 0 spiro atoms. The summed E-state index contributed by atoms with van der Waals surface area (Å²) in [5, 5.41) is 7.27. The van der Waals surface area contributed by atoms with Gasteiger partial charge >= 0.3 is 0 Å². The van der Waals surface area contributed by atoms with Crippen LogP contribution in [-0.4, -0.2) is 19.3 Å². The summed E-state index contributed by atoms with van der Waals surface area (Å²) >= 11 is 0. The SMILES string of the molecule is CCCc1cc(C(C)C)c(-c2cnn(-c3cccc(Oc4ccc5c6ccccc6n(-c6cc(C)ccn6)c5c4)c3)c2)c(C(C)C)c1CCC. The second-order valence-corrected chi connectivity index (χ2v) is 14.2. The second-order valence-electron chi connectivity index (χ2n) is 14.2. The number of hydrogen-bond donors (Lipinski definition) is 0. The third kappa shape index (κ3) is 6.22. The average molecular weight is 661 g/mol. The Morgan fingerprint density at radius 2 is 1.52 bits per heavy atom. The highest BCUT2D eigenvalue weighted by Crippen LogP contribution is 2.41. The minimum atomic E-state index is 0.409. The molecule has 0 aliphatic rings. The maximum Gasteiger partial charge on any atom is 0.137 e. The standard InChI is InChI=1S/C45H48N4O/c1-8-13-32-24-40(29(3)4)45(44(30(5)6)37(32)14-9-2)33-27-47-48(28-33)34-15-12-16-35(25-34)50-36-19-20-39-38-17-10-11-18-41(38)49(42(39)26-36)43-23-31(7)21-22-46-43/h10-12,15-30H,8-9,13-14H2,1-7H3. The molecule has 5 heteroatoms. The summed E-state index contributed by atoms with van der Waals surface area (Å²) in [6.07, 6.45) is 10.6. The molecule has 0 bridgehead atoms. The molecule has 4 aromatic carbocycles. The fraction of sp³-hybridized carbons (Fsp3) is 0.289. The highest BCUT2D eigenvalue weighted by molar-refractivity contribution is 6.09. The lowest BCUT2D eigenvalue weighted by atomic mass is 9.79. The maximum atomic E-state index is 6.56. The van der Waals surface area contributed by atoms with Crippen molar-refractivity contribution in [3.05, 3.63) is 131 Å². The Balaban J connectivity index is 1.26. The predicted octanol–water partition coefficient (Wildman–Crippen LogP) is 12.3. The predicted molar refractivity (Wildman–Crippen MR) is 209 cm³/mol. The van der Waals surface area contributed by atoms with Crippen LogP contribution in [0.1, 0.15) is 94.0 Å². The van der Waals surface area contributed by atoms with E-state index in [1.807, 2.05) is 35.3 Å². The summed E-state index contributed by atoms with van der Waals surface area (Å²) in [7, 11) is 0. The van der Waals surface area contributed by atoms with Crippen LogP contribution >= 0.6 is 0 Å². The molecule has 5 nitrogen and oxygen atoms in total. The molecular weight excluding hydrogens is 613 g/mol. The van der Waals surface area contributed by atoms with E-state index in [0.29, 0.717) is 11.8 Å². The number of hydrogen-bond acceptors (Lipinski definition) is 3. The molecule has 50 heavy (non-hydrogen) atoms. The van der Waals surface area contributed by atoms with Gasteiger partial charge in [0.05, 0.1) is 22.9 Å². The van der Waals surface area contributed by atoms with E-state index in [4.69, 9.17) is 14.8 Å². The normalized spacial score (nSPS) is 11.8. The first kappa shape index (κ1) is 33.3. The molecule has 0 unspecified atom stereocenters. The summed E-state index contributed by atoms with van der Waals surface area (Å²) < 4.78 is 10.8. The number of benzene rings is 4. The van der Waals surface area contributed by atoms with Gasteiger partial charge in [-0.15, -0.1) is 0 Å². The van der Waals surface area contributed by atoms with Crippen molar-refractivity contribution in [2.45, 2.75) is 86.0 Å². The summed E-state index contributed by atoms with van der Waals surface area (Å²) in [5.41, 5.74) is 12.8. The zero-order valence-corrected chi connectivity index (χ0v) is 30.5. The largest absolute Gasteiger partial charge is 0.457 e. The van der Waals surface area contributed by atoms with E-state index >= 15 is 0 Å². The number of pyridine rings is 1. The van der Waals surface area contributed by atoms with E-state index in [1.165, 1.54) is 44.2 Å². The van der Waals surface area contributed by atoms with Gasteiger partial charge in [0.1, 0.15) is 17.3 Å². The lowest BCUT2D eigenvalue weighted by Crippen LogP contribution is -2.09. The third-order valence-electron chi connectivity index (χ3n) is 9.78. The molecule has 0 aliphatic carbocycles. The van der Waals surface area contributed by atoms with Gasteiger partial charge in [0, 0.05) is 40.9 Å². The average Bonchev–Trinajstić information content (AvgIpc) is 3.72. The van der Waals surface area contributed by atoms with Gasteiger partial charge in [0.25, 0.3) is 0 Å². The topological polar surface area (TPSA) is 44.9 Å². The van der Waals surface area contributed by atoms with E-state index in [9.17, 15) is 0 Å². The number of para-hydroxylation sites is 1. The van der Waals surface area contributed by atoms with Crippen molar-refractivity contribution in [1.29, 1.82) is 0 Å².